The first kappa shape index (κ1) is 15.1. The van der Waals surface area contributed by atoms with Crippen LogP contribution in [0.1, 0.15) is 15.9 Å². The molecular formula is C14H11FNO4S-. The van der Waals surface area contributed by atoms with E-state index in [2.05, 4.69) is 4.72 Å². The summed E-state index contributed by atoms with van der Waals surface area (Å²) in [7, 11) is -4.16. The van der Waals surface area contributed by atoms with E-state index in [-0.39, 0.29) is 6.54 Å². The maximum Gasteiger partial charge on any atom is 0.243 e. The van der Waals surface area contributed by atoms with Gasteiger partial charge in [0.2, 0.25) is 10.0 Å². The molecule has 2 aromatic carbocycles. The number of benzene rings is 2. The largest absolute Gasteiger partial charge is 0.545 e. The molecule has 0 atom stereocenters. The second-order valence-electron chi connectivity index (χ2n) is 4.24. The van der Waals surface area contributed by atoms with Crippen LogP contribution in [0.5, 0.6) is 0 Å². The van der Waals surface area contributed by atoms with Gasteiger partial charge in [-0.3, -0.25) is 0 Å². The molecule has 0 heterocycles. The van der Waals surface area contributed by atoms with Gasteiger partial charge in [0.25, 0.3) is 0 Å². The highest BCUT2D eigenvalue weighted by Gasteiger charge is 2.19. The van der Waals surface area contributed by atoms with E-state index in [0.717, 1.165) is 18.2 Å². The number of hydrogen-bond acceptors (Lipinski definition) is 4. The molecule has 0 spiro atoms. The molecule has 7 heteroatoms. The first-order chi connectivity index (χ1) is 9.90. The van der Waals surface area contributed by atoms with Crippen LogP contribution in [0.2, 0.25) is 0 Å². The zero-order chi connectivity index (χ0) is 15.5. The van der Waals surface area contributed by atoms with Crippen molar-refractivity contribution >= 4 is 16.0 Å². The summed E-state index contributed by atoms with van der Waals surface area (Å²) in [5, 5.41) is 10.7. The normalized spacial score (nSPS) is 11.3. The van der Waals surface area contributed by atoms with E-state index in [4.69, 9.17) is 0 Å². The molecule has 0 saturated carbocycles. The zero-order valence-electron chi connectivity index (χ0n) is 10.7. The first-order valence-electron chi connectivity index (χ1n) is 5.94. The topological polar surface area (TPSA) is 86.3 Å². The Morgan fingerprint density at radius 1 is 1.14 bits per heavy atom. The molecule has 1 N–H and O–H groups in total. The predicted molar refractivity (Wildman–Crippen MR) is 71.2 cm³/mol. The number of aromatic carboxylic acids is 1. The molecular weight excluding hydrogens is 297 g/mol. The van der Waals surface area contributed by atoms with E-state index in [1.54, 1.807) is 30.3 Å². The van der Waals surface area contributed by atoms with Crippen molar-refractivity contribution < 1.29 is 22.7 Å². The number of rotatable bonds is 5. The lowest BCUT2D eigenvalue weighted by Gasteiger charge is -2.10. The number of hydrogen-bond donors (Lipinski definition) is 1. The van der Waals surface area contributed by atoms with Gasteiger partial charge in [0, 0.05) is 6.54 Å². The Bertz CT molecular complexity index is 760. The van der Waals surface area contributed by atoms with Crippen LogP contribution in [-0.2, 0) is 16.6 Å². The van der Waals surface area contributed by atoms with Crippen LogP contribution in [0.15, 0.2) is 53.4 Å². The van der Waals surface area contributed by atoms with Crippen LogP contribution in [0, 0.1) is 5.82 Å². The highest BCUT2D eigenvalue weighted by atomic mass is 32.2. The summed E-state index contributed by atoms with van der Waals surface area (Å²) < 4.78 is 39.9. The zero-order valence-corrected chi connectivity index (χ0v) is 11.6. The summed E-state index contributed by atoms with van der Waals surface area (Å²) in [6.45, 7) is -0.0296. The molecule has 0 aromatic heterocycles. The fraction of sp³-hybridized carbons (Fsp3) is 0.0714. The molecule has 0 unspecified atom stereocenters. The SMILES string of the molecule is O=C([O-])c1ccc(F)c(S(=O)(=O)NCc2ccccc2)c1. The standard InChI is InChI=1S/C14H12FNO4S/c15-12-7-6-11(14(17)18)8-13(12)21(19,20)16-9-10-4-2-1-3-5-10/h1-8,16H,9H2,(H,17,18)/p-1. The predicted octanol–water partition coefficient (Wildman–Crippen LogP) is 0.668. The molecule has 21 heavy (non-hydrogen) atoms. The quantitative estimate of drug-likeness (QED) is 0.879. The molecule has 2 rings (SSSR count). The number of carboxylic acids is 1. The molecule has 2 aromatic rings. The van der Waals surface area contributed by atoms with Gasteiger partial charge < -0.3 is 9.90 Å². The second kappa shape index (κ2) is 6.02. The van der Waals surface area contributed by atoms with Crippen molar-refractivity contribution in [3.63, 3.8) is 0 Å². The lowest BCUT2D eigenvalue weighted by Crippen LogP contribution is -2.26. The number of carbonyl (C=O) groups excluding carboxylic acids is 1. The molecule has 110 valence electrons. The van der Waals surface area contributed by atoms with Gasteiger partial charge in [-0.1, -0.05) is 36.4 Å². The number of sulfonamides is 1. The van der Waals surface area contributed by atoms with Crippen molar-refractivity contribution in [2.24, 2.45) is 0 Å². The van der Waals surface area contributed by atoms with Crippen molar-refractivity contribution in [2.75, 3.05) is 0 Å². The van der Waals surface area contributed by atoms with Crippen LogP contribution in [0.4, 0.5) is 4.39 Å². The average Bonchev–Trinajstić information content (AvgIpc) is 2.46. The average molecular weight is 308 g/mol. The maximum absolute atomic E-state index is 13.6. The number of carboxylic acid groups (broad SMARTS) is 1. The van der Waals surface area contributed by atoms with Crippen LogP contribution < -0.4 is 9.83 Å². The molecule has 0 radical (unpaired) electrons. The fourth-order valence-corrected chi connectivity index (χ4v) is 2.81. The Hall–Kier alpha value is -2.25. The summed E-state index contributed by atoms with van der Waals surface area (Å²) in [6.07, 6.45) is 0. The van der Waals surface area contributed by atoms with Crippen LogP contribution in [0.3, 0.4) is 0 Å². The summed E-state index contributed by atoms with van der Waals surface area (Å²) in [4.78, 5) is 10.00. The Labute approximate surface area is 121 Å². The van der Waals surface area contributed by atoms with Crippen molar-refractivity contribution in [3.05, 3.63) is 65.5 Å². The third-order valence-corrected chi connectivity index (χ3v) is 4.18. The number of carbonyl (C=O) groups is 1. The van der Waals surface area contributed by atoms with E-state index in [0.29, 0.717) is 5.56 Å². The van der Waals surface area contributed by atoms with E-state index < -0.39 is 32.3 Å². The Morgan fingerprint density at radius 3 is 2.43 bits per heavy atom. The van der Waals surface area contributed by atoms with Crippen LogP contribution in [0.25, 0.3) is 0 Å². The van der Waals surface area contributed by atoms with Gasteiger partial charge in [0.15, 0.2) is 0 Å². The monoisotopic (exact) mass is 308 g/mol. The number of nitrogens with one attached hydrogen (secondary N) is 1. The lowest BCUT2D eigenvalue weighted by molar-refractivity contribution is -0.255. The van der Waals surface area contributed by atoms with E-state index in [1.165, 1.54) is 0 Å². The van der Waals surface area contributed by atoms with Gasteiger partial charge in [0.1, 0.15) is 10.7 Å². The van der Waals surface area contributed by atoms with E-state index >= 15 is 0 Å². The summed E-state index contributed by atoms with van der Waals surface area (Å²) in [5.74, 6) is -2.60. The second-order valence-corrected chi connectivity index (χ2v) is 5.98. The van der Waals surface area contributed by atoms with Gasteiger partial charge in [-0.05, 0) is 23.3 Å². The highest BCUT2D eigenvalue weighted by Crippen LogP contribution is 2.16. The van der Waals surface area contributed by atoms with Gasteiger partial charge in [-0.2, -0.15) is 0 Å². The van der Waals surface area contributed by atoms with Crippen LogP contribution >= 0.6 is 0 Å². The summed E-state index contributed by atoms with van der Waals surface area (Å²) in [5.41, 5.74) is 0.286. The summed E-state index contributed by atoms with van der Waals surface area (Å²) in [6, 6.07) is 11.1. The molecule has 5 nitrogen and oxygen atoms in total. The van der Waals surface area contributed by atoms with Gasteiger partial charge in [-0.25, -0.2) is 17.5 Å². The minimum atomic E-state index is -4.16. The van der Waals surface area contributed by atoms with E-state index in [9.17, 15) is 22.7 Å². The molecule has 0 aliphatic carbocycles. The number of halogens is 1. The smallest absolute Gasteiger partial charge is 0.243 e. The first-order valence-corrected chi connectivity index (χ1v) is 7.43. The third kappa shape index (κ3) is 3.65. The van der Waals surface area contributed by atoms with Crippen molar-refractivity contribution in [1.82, 2.24) is 4.72 Å². The molecule has 0 aliphatic heterocycles. The summed E-state index contributed by atoms with van der Waals surface area (Å²) >= 11 is 0. The van der Waals surface area contributed by atoms with Gasteiger partial charge in [-0.15, -0.1) is 0 Å². The van der Waals surface area contributed by atoms with Crippen molar-refractivity contribution in [1.29, 1.82) is 0 Å². The molecule has 0 bridgehead atoms. The van der Waals surface area contributed by atoms with Crippen molar-refractivity contribution in [2.45, 2.75) is 11.4 Å². The lowest BCUT2D eigenvalue weighted by atomic mass is 10.2. The molecule has 0 aliphatic rings. The molecule has 0 saturated heterocycles. The minimum absolute atomic E-state index is 0.0296. The fourth-order valence-electron chi connectivity index (χ4n) is 1.69. The Balaban J connectivity index is 2.27. The van der Waals surface area contributed by atoms with Crippen molar-refractivity contribution in [3.8, 4) is 0 Å². The Morgan fingerprint density at radius 2 is 1.81 bits per heavy atom. The minimum Gasteiger partial charge on any atom is -0.545 e. The van der Waals surface area contributed by atoms with E-state index in [1.807, 2.05) is 0 Å². The van der Waals surface area contributed by atoms with Gasteiger partial charge in [0.05, 0.1) is 5.97 Å². The maximum atomic E-state index is 13.6. The highest BCUT2D eigenvalue weighted by molar-refractivity contribution is 7.89. The Kier molecular flexibility index (Phi) is 4.35. The van der Waals surface area contributed by atoms with Crippen LogP contribution in [-0.4, -0.2) is 14.4 Å². The molecule has 0 fully saturated rings. The van der Waals surface area contributed by atoms with Gasteiger partial charge >= 0.3 is 0 Å². The molecule has 0 amide bonds. The third-order valence-electron chi connectivity index (χ3n) is 2.77.